The Labute approximate surface area is 123 Å². The Balaban J connectivity index is 2.36. The lowest BCUT2D eigenvalue weighted by Crippen LogP contribution is -2.17. The molecule has 0 fully saturated rings. The van der Waals surface area contributed by atoms with E-state index in [1.54, 1.807) is 6.07 Å². The van der Waals surface area contributed by atoms with Crippen LogP contribution in [-0.4, -0.2) is 26.4 Å². The van der Waals surface area contributed by atoms with Gasteiger partial charge in [0, 0.05) is 30.3 Å². The minimum atomic E-state index is -2.84. The van der Waals surface area contributed by atoms with Gasteiger partial charge in [-0.3, -0.25) is 0 Å². The fraction of sp³-hybridized carbons (Fsp3) is 0.571. The lowest BCUT2D eigenvalue weighted by atomic mass is 10.2. The van der Waals surface area contributed by atoms with Crippen LogP contribution in [0.4, 0.5) is 8.78 Å². The fourth-order valence-corrected chi connectivity index (χ4v) is 1.86. The second-order valence-electron chi connectivity index (χ2n) is 4.27. The van der Waals surface area contributed by atoms with E-state index in [0.29, 0.717) is 23.7 Å². The van der Waals surface area contributed by atoms with Crippen molar-refractivity contribution >= 4 is 11.6 Å². The molecular formula is C14H20ClF2NO2. The van der Waals surface area contributed by atoms with Crippen LogP contribution in [0.5, 0.6) is 5.75 Å². The van der Waals surface area contributed by atoms with Gasteiger partial charge in [-0.25, -0.2) is 0 Å². The average molecular weight is 308 g/mol. The number of alkyl halides is 2. The van der Waals surface area contributed by atoms with Gasteiger partial charge in [0.25, 0.3) is 0 Å². The monoisotopic (exact) mass is 307 g/mol. The lowest BCUT2D eigenvalue weighted by Gasteiger charge is -2.12. The van der Waals surface area contributed by atoms with Crippen molar-refractivity contribution in [3.8, 4) is 5.75 Å². The van der Waals surface area contributed by atoms with Gasteiger partial charge < -0.3 is 14.8 Å². The first-order valence-corrected chi connectivity index (χ1v) is 7.03. The Kier molecular flexibility index (Phi) is 8.49. The van der Waals surface area contributed by atoms with Gasteiger partial charge in [0.2, 0.25) is 0 Å². The van der Waals surface area contributed by atoms with Crippen LogP contribution < -0.4 is 10.1 Å². The highest BCUT2D eigenvalue weighted by Crippen LogP contribution is 2.24. The number of rotatable bonds is 10. The number of ether oxygens (including phenoxy) is 2. The molecule has 114 valence electrons. The molecule has 0 bridgehead atoms. The Bertz CT molecular complexity index is 391. The van der Waals surface area contributed by atoms with Gasteiger partial charge in [-0.1, -0.05) is 18.5 Å². The van der Waals surface area contributed by atoms with Crippen LogP contribution >= 0.6 is 11.6 Å². The average Bonchev–Trinajstić information content (AvgIpc) is 2.40. The first-order chi connectivity index (χ1) is 9.63. The molecule has 0 aliphatic rings. The highest BCUT2D eigenvalue weighted by molar-refractivity contribution is 6.30. The molecule has 0 radical (unpaired) electrons. The Morgan fingerprint density at radius 1 is 1.30 bits per heavy atom. The van der Waals surface area contributed by atoms with Crippen molar-refractivity contribution in [1.82, 2.24) is 5.32 Å². The van der Waals surface area contributed by atoms with E-state index in [0.717, 1.165) is 26.0 Å². The maximum Gasteiger partial charge on any atom is 0.387 e. The highest BCUT2D eigenvalue weighted by atomic mass is 35.5. The molecule has 0 amide bonds. The Hall–Kier alpha value is -0.910. The van der Waals surface area contributed by atoms with E-state index in [1.807, 2.05) is 0 Å². The van der Waals surface area contributed by atoms with Gasteiger partial charge >= 0.3 is 6.61 Å². The SMILES string of the molecule is CCCOCCCNCc1cc(Cl)ccc1OC(F)F. The summed E-state index contributed by atoms with van der Waals surface area (Å²) in [6.45, 7) is 1.84. The summed E-state index contributed by atoms with van der Waals surface area (Å²) >= 11 is 5.86. The normalized spacial score (nSPS) is 11.1. The number of halogens is 3. The topological polar surface area (TPSA) is 30.5 Å². The summed E-state index contributed by atoms with van der Waals surface area (Å²) in [6.07, 6.45) is 1.87. The van der Waals surface area contributed by atoms with Crippen LogP contribution in [0, 0.1) is 0 Å². The van der Waals surface area contributed by atoms with Crippen LogP contribution in [0.25, 0.3) is 0 Å². The van der Waals surface area contributed by atoms with Crippen molar-refractivity contribution in [1.29, 1.82) is 0 Å². The van der Waals surface area contributed by atoms with Crippen molar-refractivity contribution in [2.24, 2.45) is 0 Å². The second kappa shape index (κ2) is 9.91. The van der Waals surface area contributed by atoms with Gasteiger partial charge in [-0.15, -0.1) is 0 Å². The summed E-state index contributed by atoms with van der Waals surface area (Å²) in [5, 5.41) is 3.65. The van der Waals surface area contributed by atoms with Crippen molar-refractivity contribution in [3.63, 3.8) is 0 Å². The Morgan fingerprint density at radius 2 is 2.10 bits per heavy atom. The molecule has 0 saturated carbocycles. The fourth-order valence-electron chi connectivity index (χ4n) is 1.67. The van der Waals surface area contributed by atoms with E-state index in [2.05, 4.69) is 17.0 Å². The summed E-state index contributed by atoms with van der Waals surface area (Å²) in [4.78, 5) is 0. The third kappa shape index (κ3) is 7.03. The molecule has 6 heteroatoms. The molecule has 1 rings (SSSR count). The molecule has 20 heavy (non-hydrogen) atoms. The number of hydrogen-bond acceptors (Lipinski definition) is 3. The van der Waals surface area contributed by atoms with E-state index >= 15 is 0 Å². The lowest BCUT2D eigenvalue weighted by molar-refractivity contribution is -0.0504. The molecule has 0 aromatic heterocycles. The first-order valence-electron chi connectivity index (χ1n) is 6.65. The smallest absolute Gasteiger partial charge is 0.387 e. The van der Waals surface area contributed by atoms with E-state index in [9.17, 15) is 8.78 Å². The zero-order valence-electron chi connectivity index (χ0n) is 11.5. The van der Waals surface area contributed by atoms with Crippen LogP contribution in [0.2, 0.25) is 5.02 Å². The van der Waals surface area contributed by atoms with Crippen molar-refractivity contribution in [3.05, 3.63) is 28.8 Å². The van der Waals surface area contributed by atoms with Crippen molar-refractivity contribution in [2.75, 3.05) is 19.8 Å². The molecule has 1 aromatic rings. The first kappa shape index (κ1) is 17.1. The van der Waals surface area contributed by atoms with Crippen LogP contribution in [0.3, 0.4) is 0 Å². The van der Waals surface area contributed by atoms with Gasteiger partial charge in [0.05, 0.1) is 0 Å². The van der Waals surface area contributed by atoms with Gasteiger partial charge in [-0.2, -0.15) is 8.78 Å². The molecule has 0 aliphatic heterocycles. The van der Waals surface area contributed by atoms with Crippen molar-refractivity contribution < 1.29 is 18.3 Å². The van der Waals surface area contributed by atoms with Crippen molar-refractivity contribution in [2.45, 2.75) is 32.9 Å². The van der Waals surface area contributed by atoms with E-state index in [4.69, 9.17) is 16.3 Å². The van der Waals surface area contributed by atoms with Gasteiger partial charge in [0.1, 0.15) is 5.75 Å². The molecular weight excluding hydrogens is 288 g/mol. The Morgan fingerprint density at radius 3 is 2.80 bits per heavy atom. The number of benzene rings is 1. The van der Waals surface area contributed by atoms with Crippen LogP contribution in [0.15, 0.2) is 18.2 Å². The molecule has 3 nitrogen and oxygen atoms in total. The summed E-state index contributed by atoms with van der Waals surface area (Å²) in [6, 6.07) is 4.61. The molecule has 0 atom stereocenters. The summed E-state index contributed by atoms with van der Waals surface area (Å²) in [5.41, 5.74) is 0.618. The summed E-state index contributed by atoms with van der Waals surface area (Å²) < 4.78 is 34.3. The molecule has 0 unspecified atom stereocenters. The maximum atomic E-state index is 12.3. The van der Waals surface area contributed by atoms with E-state index in [1.165, 1.54) is 12.1 Å². The zero-order chi connectivity index (χ0) is 14.8. The number of nitrogens with one attached hydrogen (secondary N) is 1. The third-order valence-electron chi connectivity index (χ3n) is 2.54. The van der Waals surface area contributed by atoms with Crippen LogP contribution in [0.1, 0.15) is 25.3 Å². The molecule has 1 aromatic carbocycles. The molecule has 0 aliphatic carbocycles. The predicted molar refractivity (Wildman–Crippen MR) is 75.5 cm³/mol. The summed E-state index contributed by atoms with van der Waals surface area (Å²) in [5.74, 6) is 0.152. The maximum absolute atomic E-state index is 12.3. The largest absolute Gasteiger partial charge is 0.434 e. The van der Waals surface area contributed by atoms with Crippen LogP contribution in [-0.2, 0) is 11.3 Å². The third-order valence-corrected chi connectivity index (χ3v) is 2.78. The second-order valence-corrected chi connectivity index (χ2v) is 4.71. The molecule has 0 spiro atoms. The highest BCUT2D eigenvalue weighted by Gasteiger charge is 2.09. The quantitative estimate of drug-likeness (QED) is 0.666. The minimum absolute atomic E-state index is 0.152. The zero-order valence-corrected chi connectivity index (χ0v) is 12.3. The van der Waals surface area contributed by atoms with E-state index < -0.39 is 6.61 Å². The standard InChI is InChI=1S/C14H20ClF2NO2/c1-2-7-19-8-3-6-18-10-11-9-12(15)4-5-13(11)20-14(16)17/h4-5,9,14,18H,2-3,6-8,10H2,1H3. The molecule has 1 N–H and O–H groups in total. The number of hydrogen-bond donors (Lipinski definition) is 1. The van der Waals surface area contributed by atoms with E-state index in [-0.39, 0.29) is 5.75 Å². The molecule has 0 heterocycles. The molecule has 0 saturated heterocycles. The predicted octanol–water partition coefficient (Wildman–Crippen LogP) is 3.85. The minimum Gasteiger partial charge on any atom is -0.434 e. The van der Waals surface area contributed by atoms with Gasteiger partial charge in [-0.05, 0) is 37.6 Å². The van der Waals surface area contributed by atoms with Gasteiger partial charge in [0.15, 0.2) is 0 Å². The summed E-state index contributed by atoms with van der Waals surface area (Å²) in [7, 11) is 0.